The molecule has 0 aliphatic rings. The molecular weight excluding hydrogens is 1630 g/mol. The third kappa shape index (κ3) is 12.3. The molecule has 0 spiro atoms. The minimum Gasteiger partial charge on any atom is -0.425 e. The molecule has 0 bridgehead atoms. The third-order valence-corrected chi connectivity index (χ3v) is 16.1. The minimum absolute atomic E-state index is 0. The van der Waals surface area contributed by atoms with Gasteiger partial charge in [-0.3, -0.25) is 0 Å². The molecular formula is C24F52N2O8S4Zn. The molecule has 0 rings (SSSR count). The van der Waals surface area contributed by atoms with Gasteiger partial charge in [0.15, 0.2) is 40.1 Å². The minimum atomic E-state index is -9.54. The Morgan fingerprint density at radius 1 is 0.143 bits per heavy atom. The Kier molecular flexibility index (Phi) is 23.1. The number of hydrogen-bond donors (Lipinski definition) is 0. The molecule has 544 valence electrons. The van der Waals surface area contributed by atoms with Gasteiger partial charge in [-0.15, -0.1) is 0 Å². The topological polar surface area (TPSA) is 165 Å². The summed E-state index contributed by atoms with van der Waals surface area (Å²) in [5.41, 5.74) is 0. The van der Waals surface area contributed by atoms with Crippen LogP contribution < -0.4 is 0 Å². The summed E-state index contributed by atoms with van der Waals surface area (Å²) in [6, 6.07) is 0. The molecule has 0 aromatic carbocycles. The molecule has 67 heteroatoms. The Hall–Kier alpha value is -3.30. The molecule has 0 heterocycles. The summed E-state index contributed by atoms with van der Waals surface area (Å²) < 4.78 is 762. The van der Waals surface area contributed by atoms with E-state index in [1.165, 1.54) is 0 Å². The molecule has 0 amide bonds. The first kappa shape index (κ1) is 91.9. The molecule has 0 aromatic rings. The average molecular weight is 1630 g/mol. The van der Waals surface area contributed by atoms with Crippen molar-refractivity contribution in [3.8, 4) is 0 Å². The predicted molar refractivity (Wildman–Crippen MR) is 166 cm³/mol. The van der Waals surface area contributed by atoms with E-state index in [-0.39, 0.29) is 19.5 Å². The first-order valence-corrected chi connectivity index (χ1v) is 23.5. The van der Waals surface area contributed by atoms with Crippen LogP contribution in [0.1, 0.15) is 0 Å². The van der Waals surface area contributed by atoms with Gasteiger partial charge in [0.2, 0.25) is 0 Å². The van der Waals surface area contributed by atoms with Crippen molar-refractivity contribution in [1.82, 2.24) is 0 Å². The number of sulfonamides is 4. The Bertz CT molecular complexity index is 2690. The summed E-state index contributed by atoms with van der Waals surface area (Å²) in [4.78, 5) is 0. The van der Waals surface area contributed by atoms with E-state index in [1.807, 2.05) is 0 Å². The second-order valence-corrected chi connectivity index (χ2v) is 22.3. The van der Waals surface area contributed by atoms with Crippen molar-refractivity contribution in [1.29, 1.82) is 0 Å². The van der Waals surface area contributed by atoms with Gasteiger partial charge < -0.3 is 8.25 Å². The molecule has 0 aromatic heterocycles. The van der Waals surface area contributed by atoms with Crippen LogP contribution in [0.25, 0.3) is 8.25 Å². The van der Waals surface area contributed by atoms with E-state index in [4.69, 9.17) is 0 Å². The van der Waals surface area contributed by atoms with E-state index in [2.05, 4.69) is 0 Å². The zero-order valence-electron chi connectivity index (χ0n) is 38.2. The summed E-state index contributed by atoms with van der Waals surface area (Å²) in [5, 5.41) is -35.8. The van der Waals surface area contributed by atoms with E-state index in [0.29, 0.717) is 0 Å². The van der Waals surface area contributed by atoms with Crippen LogP contribution in [0.2, 0.25) is 0 Å². The van der Waals surface area contributed by atoms with Gasteiger partial charge in [0, 0.05) is 0 Å². The summed E-state index contributed by atoms with van der Waals surface area (Å²) in [6.45, 7) is 0. The Labute approximate surface area is 470 Å². The molecule has 0 unspecified atom stereocenters. The van der Waals surface area contributed by atoms with Crippen LogP contribution in [0.15, 0.2) is 0 Å². The Morgan fingerprint density at radius 2 is 0.220 bits per heavy atom. The van der Waals surface area contributed by atoms with Gasteiger partial charge in [-0.05, 0) is 0 Å². The fraction of sp³-hybridized carbons (Fsp3) is 1.00. The van der Waals surface area contributed by atoms with Gasteiger partial charge in [-0.25, -0.2) is 33.7 Å². The second-order valence-electron chi connectivity index (χ2n) is 15.3. The first-order valence-electron chi connectivity index (χ1n) is 17.7. The average Bonchev–Trinajstić information content (AvgIpc) is 3.25. The number of alkyl halides is 52. The Balaban J connectivity index is -0.00000168. The fourth-order valence-electron chi connectivity index (χ4n) is 4.11. The van der Waals surface area contributed by atoms with Crippen LogP contribution in [0.5, 0.6) is 0 Å². The van der Waals surface area contributed by atoms with Crippen LogP contribution in [0.3, 0.4) is 0 Å². The number of nitrogens with zero attached hydrogens (tertiary/aromatic N) is 2. The molecule has 0 fully saturated rings. The van der Waals surface area contributed by atoms with E-state index >= 15 is 0 Å². The van der Waals surface area contributed by atoms with Crippen LogP contribution >= 0.6 is 0 Å². The van der Waals surface area contributed by atoms with E-state index in [9.17, 15) is 262 Å². The molecule has 0 N–H and O–H groups in total. The second kappa shape index (κ2) is 22.9. The molecule has 0 saturated heterocycles. The van der Waals surface area contributed by atoms with Crippen molar-refractivity contribution in [3.63, 3.8) is 0 Å². The quantitative estimate of drug-likeness (QED) is 0.0680. The largest absolute Gasteiger partial charge is 2.00 e. The van der Waals surface area contributed by atoms with Gasteiger partial charge in [0.05, 0.1) is 0 Å². The zero-order valence-corrected chi connectivity index (χ0v) is 44.4. The molecule has 0 atom stereocenters. The monoisotopic (exact) mass is 1620 g/mol. The fourth-order valence-corrected chi connectivity index (χ4v) is 9.49. The van der Waals surface area contributed by atoms with Gasteiger partial charge in [0.25, 0.3) is 0 Å². The van der Waals surface area contributed by atoms with Gasteiger partial charge >= 0.3 is 160 Å². The van der Waals surface area contributed by atoms with Gasteiger partial charge in [0.1, 0.15) is 0 Å². The molecule has 91 heavy (non-hydrogen) atoms. The maximum absolute atomic E-state index is 13.7. The van der Waals surface area contributed by atoms with Crippen LogP contribution in [0, 0.1) is 0 Å². The van der Waals surface area contributed by atoms with E-state index < -0.39 is 189 Å². The van der Waals surface area contributed by atoms with Crippen molar-refractivity contribution < 1.29 is 281 Å². The number of hydrogen-bond acceptors (Lipinski definition) is 8. The SMILES string of the molecule is O=S(=O)([N-]S(=O)(=O)C(F)(F)C(F)(F)C(F)(F)C(F)(F)C(F)(F)C(F)(F)F)C(F)(F)C(F)(F)C(F)(F)C(F)(F)C(F)(F)C(F)(F)F.O=S(=O)([N-]S(=O)(=O)C(F)(F)C(F)(F)C(F)(F)C(F)(F)C(F)(F)C(F)(F)F)C(F)(F)C(F)(F)C(F)(F)C(F)(F)C(F)(F)C(F)(F)F.[Zn+2]. The maximum Gasteiger partial charge on any atom is 2.00 e. The molecule has 0 aliphatic carbocycles. The summed E-state index contributed by atoms with van der Waals surface area (Å²) >= 11 is 0. The van der Waals surface area contributed by atoms with Crippen molar-refractivity contribution in [2.75, 3.05) is 0 Å². The van der Waals surface area contributed by atoms with Gasteiger partial charge in [-0.2, -0.15) is 228 Å². The normalized spacial score (nSPS) is 16.9. The standard InChI is InChI=1S/2C12F26NO4S2.Zn/c2*13-1(14,5(21,22)9(29,30)31)3(17,18)7(25,26)11(35,36)44(40,41)39-45(42,43)12(37,38)8(27,28)4(19,20)2(15,16)6(23,24)10(32,33)34;/q2*-1;+2. The third-order valence-electron chi connectivity index (χ3n) is 9.31. The first-order chi connectivity index (χ1) is 37.4. The molecule has 0 saturated carbocycles. The van der Waals surface area contributed by atoms with Crippen LogP contribution in [-0.4, -0.2) is 174 Å². The maximum atomic E-state index is 13.7. The summed E-state index contributed by atoms with van der Waals surface area (Å²) in [7, 11) is -38.1. The number of rotatable bonds is 24. The van der Waals surface area contributed by atoms with Crippen LogP contribution in [0.4, 0.5) is 228 Å². The summed E-state index contributed by atoms with van der Waals surface area (Å²) in [5.74, 6) is -144. The van der Waals surface area contributed by atoms with Crippen LogP contribution in [-0.2, 0) is 59.6 Å². The summed E-state index contributed by atoms with van der Waals surface area (Å²) in [6.07, 6.45) is -32.6. The number of halogens is 52. The van der Waals surface area contributed by atoms with Crippen molar-refractivity contribution in [3.05, 3.63) is 8.25 Å². The van der Waals surface area contributed by atoms with Crippen molar-refractivity contribution in [2.45, 2.75) is 140 Å². The van der Waals surface area contributed by atoms with E-state index in [0.717, 1.165) is 0 Å². The van der Waals surface area contributed by atoms with E-state index in [1.54, 1.807) is 0 Å². The molecule has 0 radical (unpaired) electrons. The smallest absolute Gasteiger partial charge is 0.425 e. The molecule has 0 aliphatic heterocycles. The van der Waals surface area contributed by atoms with Gasteiger partial charge in [-0.1, -0.05) is 0 Å². The Morgan fingerprint density at radius 3 is 0.297 bits per heavy atom. The zero-order chi connectivity index (χ0) is 75.4. The molecule has 10 nitrogen and oxygen atoms in total. The van der Waals surface area contributed by atoms with Crippen molar-refractivity contribution in [2.24, 2.45) is 0 Å². The predicted octanol–water partition coefficient (Wildman–Crippen LogP) is 14.8. The van der Waals surface area contributed by atoms with Crippen molar-refractivity contribution >= 4 is 40.1 Å².